The Labute approximate surface area is 251 Å². The third-order valence-electron chi connectivity index (χ3n) is 6.92. The van der Waals surface area contributed by atoms with Crippen molar-refractivity contribution in [3.8, 4) is 33.1 Å². The molecule has 42 heavy (non-hydrogen) atoms. The first-order chi connectivity index (χ1) is 20.0. The maximum absolute atomic E-state index is 12.6. The van der Waals surface area contributed by atoms with Crippen LogP contribution >= 0.6 is 22.9 Å². The van der Waals surface area contributed by atoms with Crippen molar-refractivity contribution in [3.63, 3.8) is 0 Å². The van der Waals surface area contributed by atoms with Gasteiger partial charge in [-0.1, -0.05) is 23.7 Å². The largest absolute Gasteiger partial charge is 0.479 e. The number of aryl methyl sites for hydroxylation is 2. The summed E-state index contributed by atoms with van der Waals surface area (Å²) in [4.78, 5) is 26.8. The number of carboxylic acid groups (broad SMARTS) is 1. The van der Waals surface area contributed by atoms with Crippen molar-refractivity contribution in [1.82, 2.24) is 24.7 Å². The number of nitrogens with zero attached hydrogens (tertiary/aromatic N) is 5. The van der Waals surface area contributed by atoms with Gasteiger partial charge in [-0.25, -0.2) is 9.78 Å². The van der Waals surface area contributed by atoms with E-state index in [0.717, 1.165) is 59.8 Å². The van der Waals surface area contributed by atoms with E-state index in [4.69, 9.17) is 21.3 Å². The van der Waals surface area contributed by atoms with Gasteiger partial charge in [-0.05, 0) is 75.2 Å². The molecule has 0 fully saturated rings. The maximum Gasteiger partial charge on any atom is 0.337 e. The zero-order chi connectivity index (χ0) is 29.8. The number of aromatic nitrogens is 5. The Morgan fingerprint density at radius 2 is 1.76 bits per heavy atom. The number of fused-ring (bicyclic) bond motifs is 2. The van der Waals surface area contributed by atoms with E-state index >= 15 is 0 Å². The summed E-state index contributed by atoms with van der Waals surface area (Å²) in [7, 11) is 1.88. The van der Waals surface area contributed by atoms with Crippen molar-refractivity contribution in [2.45, 2.75) is 39.4 Å². The van der Waals surface area contributed by atoms with Gasteiger partial charge in [0.2, 0.25) is 0 Å². The maximum atomic E-state index is 12.6. The zero-order valence-corrected chi connectivity index (χ0v) is 25.3. The van der Waals surface area contributed by atoms with Crippen LogP contribution in [0.15, 0.2) is 67.1 Å². The van der Waals surface area contributed by atoms with E-state index in [1.165, 1.54) is 11.3 Å². The number of hydrogen-bond acceptors (Lipinski definition) is 7. The summed E-state index contributed by atoms with van der Waals surface area (Å²) >= 11 is 7.73. The Morgan fingerprint density at radius 1 is 1.02 bits per heavy atom. The second-order valence-electron chi connectivity index (χ2n) is 11.1. The minimum absolute atomic E-state index is 0.595. The zero-order valence-electron chi connectivity index (χ0n) is 23.7. The van der Waals surface area contributed by atoms with Crippen molar-refractivity contribution < 1.29 is 14.6 Å². The molecule has 4 heterocycles. The fourth-order valence-electron chi connectivity index (χ4n) is 5.05. The van der Waals surface area contributed by atoms with Crippen molar-refractivity contribution in [2.75, 3.05) is 0 Å². The lowest BCUT2D eigenvalue weighted by molar-refractivity contribution is -0.160. The minimum Gasteiger partial charge on any atom is -0.479 e. The van der Waals surface area contributed by atoms with Crippen LogP contribution in [0.5, 0.6) is 0 Å². The first-order valence-electron chi connectivity index (χ1n) is 13.3. The Bertz CT molecular complexity index is 1980. The summed E-state index contributed by atoms with van der Waals surface area (Å²) in [5, 5.41) is 17.0. The Hall–Kier alpha value is -4.18. The molecule has 1 atom stereocenters. The molecule has 0 radical (unpaired) electrons. The number of aliphatic carboxylic acids is 1. The highest BCUT2D eigenvalue weighted by atomic mass is 35.5. The molecular weight excluding hydrogens is 570 g/mol. The van der Waals surface area contributed by atoms with Crippen LogP contribution in [0.25, 0.3) is 54.2 Å². The summed E-state index contributed by atoms with van der Waals surface area (Å²) < 4.78 is 8.78. The van der Waals surface area contributed by atoms with Crippen LogP contribution in [-0.4, -0.2) is 41.4 Å². The molecule has 6 aromatic rings. The van der Waals surface area contributed by atoms with Gasteiger partial charge in [0.15, 0.2) is 6.10 Å². The number of benzene rings is 2. The van der Waals surface area contributed by atoms with Gasteiger partial charge in [0, 0.05) is 40.3 Å². The predicted molar refractivity (Wildman–Crippen MR) is 167 cm³/mol. The van der Waals surface area contributed by atoms with Gasteiger partial charge in [-0.2, -0.15) is 5.10 Å². The third-order valence-corrected chi connectivity index (χ3v) is 8.31. The predicted octanol–water partition coefficient (Wildman–Crippen LogP) is 7.88. The number of rotatable bonds is 6. The van der Waals surface area contributed by atoms with E-state index in [1.807, 2.05) is 77.3 Å². The average Bonchev–Trinajstić information content (AvgIpc) is 3.54. The van der Waals surface area contributed by atoms with Crippen molar-refractivity contribution >= 4 is 50.0 Å². The van der Waals surface area contributed by atoms with Gasteiger partial charge in [-0.15, -0.1) is 11.3 Å². The summed E-state index contributed by atoms with van der Waals surface area (Å²) in [6, 6.07) is 15.2. The van der Waals surface area contributed by atoms with Crippen molar-refractivity contribution in [2.24, 2.45) is 7.05 Å². The summed E-state index contributed by atoms with van der Waals surface area (Å²) in [6.45, 7) is 7.46. The van der Waals surface area contributed by atoms with Gasteiger partial charge >= 0.3 is 5.97 Å². The molecule has 1 N–H and O–H groups in total. The Balaban J connectivity index is 1.53. The molecule has 8 nitrogen and oxygen atoms in total. The molecule has 0 aliphatic rings. The van der Waals surface area contributed by atoms with Crippen LogP contribution in [-0.2, 0) is 16.6 Å². The molecule has 212 valence electrons. The van der Waals surface area contributed by atoms with Crippen LogP contribution in [0.1, 0.15) is 38.0 Å². The SMILES string of the molecule is Cc1cc2nc(-c3ccnc(-c4cc5cnn(C)c5cn4)c3)sc2c(-c2ccc(Cl)cc2)c1[C@H](OC(C)(C)C)C(=O)O. The van der Waals surface area contributed by atoms with Gasteiger partial charge in [-0.3, -0.25) is 14.6 Å². The highest BCUT2D eigenvalue weighted by Crippen LogP contribution is 2.44. The van der Waals surface area contributed by atoms with E-state index < -0.39 is 17.7 Å². The molecule has 4 aromatic heterocycles. The molecule has 0 saturated heterocycles. The topological polar surface area (TPSA) is 103 Å². The van der Waals surface area contributed by atoms with Crippen molar-refractivity contribution in [1.29, 1.82) is 0 Å². The molecule has 0 bridgehead atoms. The lowest BCUT2D eigenvalue weighted by Crippen LogP contribution is -2.28. The lowest BCUT2D eigenvalue weighted by atomic mass is 9.91. The second kappa shape index (κ2) is 10.6. The van der Waals surface area contributed by atoms with Crippen LogP contribution in [0.4, 0.5) is 0 Å². The molecular formula is C32H28ClN5O3S. The van der Waals surface area contributed by atoms with Crippen LogP contribution in [0.2, 0.25) is 5.02 Å². The molecule has 10 heteroatoms. The summed E-state index contributed by atoms with van der Waals surface area (Å²) in [5.74, 6) is -1.05. The van der Waals surface area contributed by atoms with Crippen molar-refractivity contribution in [3.05, 3.63) is 83.3 Å². The highest BCUT2D eigenvalue weighted by Gasteiger charge is 2.32. The number of thiazole rings is 1. The Kier molecular flexibility index (Phi) is 7.04. The van der Waals surface area contributed by atoms with Gasteiger partial charge in [0.1, 0.15) is 5.01 Å². The summed E-state index contributed by atoms with van der Waals surface area (Å²) in [6.07, 6.45) is 4.18. The van der Waals surface area contributed by atoms with Gasteiger partial charge in [0.05, 0.1) is 45.1 Å². The number of pyridine rings is 2. The highest BCUT2D eigenvalue weighted by molar-refractivity contribution is 7.22. The Morgan fingerprint density at radius 3 is 2.48 bits per heavy atom. The van der Waals surface area contributed by atoms with E-state index in [-0.39, 0.29) is 0 Å². The fraction of sp³-hybridized carbons (Fsp3) is 0.219. The molecule has 0 saturated carbocycles. The molecule has 6 rings (SSSR count). The molecule has 0 spiro atoms. The lowest BCUT2D eigenvalue weighted by Gasteiger charge is -2.28. The second-order valence-corrected chi connectivity index (χ2v) is 12.6. The molecule has 0 unspecified atom stereocenters. The van der Waals surface area contributed by atoms with E-state index in [1.54, 1.807) is 29.2 Å². The third kappa shape index (κ3) is 5.27. The first kappa shape index (κ1) is 28.0. The monoisotopic (exact) mass is 597 g/mol. The number of hydrogen-bond donors (Lipinski definition) is 1. The quantitative estimate of drug-likeness (QED) is 0.208. The van der Waals surface area contributed by atoms with E-state index in [2.05, 4.69) is 15.1 Å². The molecule has 0 amide bonds. The van der Waals surface area contributed by atoms with E-state index in [9.17, 15) is 9.90 Å². The van der Waals surface area contributed by atoms with Gasteiger partial charge < -0.3 is 9.84 Å². The van der Waals surface area contributed by atoms with Gasteiger partial charge in [0.25, 0.3) is 0 Å². The molecule has 0 aliphatic heterocycles. The minimum atomic E-state index is -1.17. The molecule has 2 aromatic carbocycles. The summed E-state index contributed by atoms with van der Waals surface area (Å²) in [5.41, 5.74) is 6.38. The molecule has 0 aliphatic carbocycles. The number of carboxylic acids is 1. The fourth-order valence-corrected chi connectivity index (χ4v) is 6.30. The normalized spacial score (nSPS) is 12.7. The average molecular weight is 598 g/mol. The first-order valence-corrected chi connectivity index (χ1v) is 14.5. The number of carbonyl (C=O) groups is 1. The van der Waals surface area contributed by atoms with Crippen LogP contribution in [0.3, 0.4) is 0 Å². The van der Waals surface area contributed by atoms with Crippen LogP contribution < -0.4 is 0 Å². The smallest absolute Gasteiger partial charge is 0.337 e. The van der Waals surface area contributed by atoms with Crippen LogP contribution in [0, 0.1) is 6.92 Å². The standard InChI is InChI=1S/C32H28ClN5O3S/c1-17-12-24-29(27(18-6-8-21(33)9-7-18)26(17)28(31(39)40)41-32(2,3)4)42-30(37-24)19-10-11-34-22(13-19)23-14-20-15-36-38(5)25(20)16-35-23/h6-16,28H,1-5H3,(H,39,40)/t28-/m0/s1. The number of ether oxygens (including phenoxy) is 1. The van der Waals surface area contributed by atoms with E-state index in [0.29, 0.717) is 10.6 Å². The number of halogens is 1.